The average molecular weight is 269 g/mol. The van der Waals surface area contributed by atoms with Crippen molar-refractivity contribution in [2.75, 3.05) is 32.7 Å². The Hall–Kier alpha value is -0.610. The second kappa shape index (κ2) is 9.32. The molecule has 4 nitrogen and oxygen atoms in total. The van der Waals surface area contributed by atoms with Gasteiger partial charge in [0.25, 0.3) is 0 Å². The van der Waals surface area contributed by atoms with Crippen molar-refractivity contribution in [2.45, 2.75) is 52.5 Å². The lowest BCUT2D eigenvalue weighted by Crippen LogP contribution is -2.38. The van der Waals surface area contributed by atoms with E-state index in [1.165, 1.54) is 32.4 Å². The summed E-state index contributed by atoms with van der Waals surface area (Å²) in [5, 5.41) is 6.30. The molecule has 1 heterocycles. The van der Waals surface area contributed by atoms with E-state index >= 15 is 0 Å². The molecule has 4 heteroatoms. The molecular weight excluding hydrogens is 238 g/mol. The summed E-state index contributed by atoms with van der Waals surface area (Å²) in [7, 11) is 0. The standard InChI is InChI=1S/C15H31N3O/c1-13(2)16-8-7-15(19)17-11-14(3)12-18-9-5-4-6-10-18/h13-14,16H,4-12H2,1-3H3,(H,17,19). The SMILES string of the molecule is CC(CNC(=O)CCNC(C)C)CN1CCCCC1. The smallest absolute Gasteiger partial charge is 0.221 e. The highest BCUT2D eigenvalue weighted by Crippen LogP contribution is 2.10. The molecule has 1 unspecified atom stereocenters. The van der Waals surface area contributed by atoms with Crippen molar-refractivity contribution < 1.29 is 4.79 Å². The maximum Gasteiger partial charge on any atom is 0.221 e. The Morgan fingerprint density at radius 3 is 2.47 bits per heavy atom. The van der Waals surface area contributed by atoms with Gasteiger partial charge in [-0.25, -0.2) is 0 Å². The molecule has 0 aromatic carbocycles. The van der Waals surface area contributed by atoms with Gasteiger partial charge in [-0.3, -0.25) is 4.79 Å². The summed E-state index contributed by atoms with van der Waals surface area (Å²) in [6.45, 7) is 11.6. The molecule has 1 fully saturated rings. The van der Waals surface area contributed by atoms with E-state index in [1.54, 1.807) is 0 Å². The summed E-state index contributed by atoms with van der Waals surface area (Å²) in [6, 6.07) is 0.450. The van der Waals surface area contributed by atoms with Crippen LogP contribution in [0, 0.1) is 5.92 Å². The van der Waals surface area contributed by atoms with E-state index in [0.717, 1.165) is 19.6 Å². The van der Waals surface area contributed by atoms with Crippen LogP contribution >= 0.6 is 0 Å². The Labute approximate surface area is 118 Å². The third kappa shape index (κ3) is 8.22. The van der Waals surface area contributed by atoms with Crippen LogP contribution in [0.15, 0.2) is 0 Å². The van der Waals surface area contributed by atoms with Gasteiger partial charge in [-0.15, -0.1) is 0 Å². The fourth-order valence-corrected chi connectivity index (χ4v) is 2.50. The lowest BCUT2D eigenvalue weighted by Gasteiger charge is -2.29. The molecule has 0 bridgehead atoms. The van der Waals surface area contributed by atoms with E-state index in [1.807, 2.05) is 0 Å². The van der Waals surface area contributed by atoms with Crippen molar-refractivity contribution in [1.29, 1.82) is 0 Å². The number of nitrogens with one attached hydrogen (secondary N) is 2. The molecule has 0 saturated carbocycles. The van der Waals surface area contributed by atoms with Crippen LogP contribution in [0.3, 0.4) is 0 Å². The van der Waals surface area contributed by atoms with E-state index in [0.29, 0.717) is 18.4 Å². The Kier molecular flexibility index (Phi) is 8.07. The van der Waals surface area contributed by atoms with Gasteiger partial charge >= 0.3 is 0 Å². The van der Waals surface area contributed by atoms with Gasteiger partial charge < -0.3 is 15.5 Å². The van der Waals surface area contributed by atoms with Gasteiger partial charge in [0.1, 0.15) is 0 Å². The van der Waals surface area contributed by atoms with Gasteiger partial charge in [0.15, 0.2) is 0 Å². The number of hydrogen-bond acceptors (Lipinski definition) is 3. The number of hydrogen-bond donors (Lipinski definition) is 2. The summed E-state index contributed by atoms with van der Waals surface area (Å²) in [6.07, 6.45) is 4.62. The molecule has 19 heavy (non-hydrogen) atoms. The number of carbonyl (C=O) groups is 1. The quantitative estimate of drug-likeness (QED) is 0.704. The average Bonchev–Trinajstić information content (AvgIpc) is 2.37. The monoisotopic (exact) mass is 269 g/mol. The Morgan fingerprint density at radius 2 is 1.84 bits per heavy atom. The van der Waals surface area contributed by atoms with Crippen LogP contribution < -0.4 is 10.6 Å². The molecular formula is C15H31N3O. The van der Waals surface area contributed by atoms with Gasteiger partial charge in [0, 0.05) is 32.1 Å². The molecule has 1 aliphatic rings. The number of nitrogens with zero attached hydrogens (tertiary/aromatic N) is 1. The molecule has 1 aliphatic heterocycles. The highest BCUT2D eigenvalue weighted by atomic mass is 16.1. The number of carbonyl (C=O) groups excluding carboxylic acids is 1. The predicted octanol–water partition coefficient (Wildman–Crippen LogP) is 1.61. The number of piperidine rings is 1. The fraction of sp³-hybridized carbons (Fsp3) is 0.933. The first-order valence-electron chi connectivity index (χ1n) is 7.80. The van der Waals surface area contributed by atoms with Crippen molar-refractivity contribution >= 4 is 5.91 Å². The first kappa shape index (κ1) is 16.4. The molecule has 1 saturated heterocycles. The lowest BCUT2D eigenvalue weighted by atomic mass is 10.1. The van der Waals surface area contributed by atoms with Crippen molar-refractivity contribution in [2.24, 2.45) is 5.92 Å². The summed E-state index contributed by atoms with van der Waals surface area (Å²) in [5.41, 5.74) is 0. The van der Waals surface area contributed by atoms with Crippen LogP contribution in [0.2, 0.25) is 0 Å². The van der Waals surface area contributed by atoms with E-state index in [4.69, 9.17) is 0 Å². The largest absolute Gasteiger partial charge is 0.356 e. The minimum atomic E-state index is 0.165. The molecule has 0 aromatic heterocycles. The maximum atomic E-state index is 11.7. The fourth-order valence-electron chi connectivity index (χ4n) is 2.50. The topological polar surface area (TPSA) is 44.4 Å². The Balaban J connectivity index is 2.04. The highest BCUT2D eigenvalue weighted by Gasteiger charge is 2.13. The van der Waals surface area contributed by atoms with Gasteiger partial charge in [0.2, 0.25) is 5.91 Å². The van der Waals surface area contributed by atoms with Crippen molar-refractivity contribution in [1.82, 2.24) is 15.5 Å². The second-order valence-corrected chi connectivity index (χ2v) is 6.13. The summed E-state index contributed by atoms with van der Waals surface area (Å²) >= 11 is 0. The molecule has 0 aliphatic carbocycles. The molecule has 1 atom stereocenters. The third-order valence-corrected chi connectivity index (χ3v) is 3.57. The van der Waals surface area contributed by atoms with Crippen molar-refractivity contribution in [3.8, 4) is 0 Å². The van der Waals surface area contributed by atoms with Gasteiger partial charge in [0.05, 0.1) is 0 Å². The number of likely N-dealkylation sites (tertiary alicyclic amines) is 1. The van der Waals surface area contributed by atoms with Gasteiger partial charge in [-0.1, -0.05) is 27.2 Å². The van der Waals surface area contributed by atoms with Crippen LogP contribution in [0.5, 0.6) is 0 Å². The van der Waals surface area contributed by atoms with Crippen LogP contribution in [0.4, 0.5) is 0 Å². The maximum absolute atomic E-state index is 11.7. The molecule has 112 valence electrons. The molecule has 0 spiro atoms. The first-order valence-corrected chi connectivity index (χ1v) is 7.80. The van der Waals surface area contributed by atoms with E-state index in [2.05, 4.69) is 36.3 Å². The summed E-state index contributed by atoms with van der Waals surface area (Å²) in [5.74, 6) is 0.707. The molecule has 2 N–H and O–H groups in total. The number of amides is 1. The van der Waals surface area contributed by atoms with Crippen molar-refractivity contribution in [3.63, 3.8) is 0 Å². The van der Waals surface area contributed by atoms with E-state index < -0.39 is 0 Å². The minimum Gasteiger partial charge on any atom is -0.356 e. The minimum absolute atomic E-state index is 0.165. The van der Waals surface area contributed by atoms with E-state index in [-0.39, 0.29) is 5.91 Å². The van der Waals surface area contributed by atoms with Gasteiger partial charge in [-0.05, 0) is 31.8 Å². The molecule has 1 amide bonds. The summed E-state index contributed by atoms with van der Waals surface area (Å²) in [4.78, 5) is 14.2. The van der Waals surface area contributed by atoms with Crippen LogP contribution in [-0.2, 0) is 4.79 Å². The number of rotatable bonds is 8. The third-order valence-electron chi connectivity index (χ3n) is 3.57. The van der Waals surface area contributed by atoms with Crippen molar-refractivity contribution in [3.05, 3.63) is 0 Å². The normalized spacial score (nSPS) is 18.5. The van der Waals surface area contributed by atoms with E-state index in [9.17, 15) is 4.79 Å². The Bertz CT molecular complexity index is 250. The van der Waals surface area contributed by atoms with Crippen LogP contribution in [0.1, 0.15) is 46.5 Å². The van der Waals surface area contributed by atoms with Gasteiger partial charge in [-0.2, -0.15) is 0 Å². The summed E-state index contributed by atoms with van der Waals surface area (Å²) < 4.78 is 0. The zero-order valence-electron chi connectivity index (χ0n) is 12.9. The van der Waals surface area contributed by atoms with Crippen LogP contribution in [-0.4, -0.2) is 49.6 Å². The highest BCUT2D eigenvalue weighted by molar-refractivity contribution is 5.76. The second-order valence-electron chi connectivity index (χ2n) is 6.13. The molecule has 0 aromatic rings. The molecule has 0 radical (unpaired) electrons. The van der Waals surface area contributed by atoms with Crippen LogP contribution in [0.25, 0.3) is 0 Å². The first-order chi connectivity index (χ1) is 9.08. The Morgan fingerprint density at radius 1 is 1.16 bits per heavy atom. The lowest BCUT2D eigenvalue weighted by molar-refractivity contribution is -0.121. The zero-order valence-corrected chi connectivity index (χ0v) is 12.9. The molecule has 1 rings (SSSR count). The zero-order chi connectivity index (χ0) is 14.1. The predicted molar refractivity (Wildman–Crippen MR) is 80.2 cm³/mol.